The maximum atomic E-state index is 10.9. The van der Waals surface area contributed by atoms with Crippen LogP contribution < -0.4 is 5.32 Å². The SMILES string of the molecule is CC(C)(C)NCCc1c(Cl)cccc1[N+](=O)[O-]. The lowest BCUT2D eigenvalue weighted by atomic mass is 10.1. The van der Waals surface area contributed by atoms with E-state index in [0.717, 1.165) is 0 Å². The molecule has 1 N–H and O–H groups in total. The minimum absolute atomic E-state index is 0.00393. The van der Waals surface area contributed by atoms with Gasteiger partial charge in [0.25, 0.3) is 5.69 Å². The summed E-state index contributed by atoms with van der Waals surface area (Å²) in [5.74, 6) is 0. The Morgan fingerprint density at radius 3 is 2.59 bits per heavy atom. The Labute approximate surface area is 106 Å². The number of nitro benzene ring substituents is 1. The Kier molecular flexibility index (Phi) is 4.48. The highest BCUT2D eigenvalue weighted by Crippen LogP contribution is 2.26. The van der Waals surface area contributed by atoms with E-state index in [4.69, 9.17) is 11.6 Å². The van der Waals surface area contributed by atoms with Crippen molar-refractivity contribution in [1.29, 1.82) is 0 Å². The van der Waals surface area contributed by atoms with Gasteiger partial charge >= 0.3 is 0 Å². The summed E-state index contributed by atoms with van der Waals surface area (Å²) in [5, 5.41) is 14.6. The molecule has 0 fully saturated rings. The molecular formula is C12H17ClN2O2. The number of nitrogens with zero attached hydrogens (tertiary/aromatic N) is 1. The highest BCUT2D eigenvalue weighted by Gasteiger charge is 2.17. The summed E-state index contributed by atoms with van der Waals surface area (Å²) in [5.41, 5.74) is 0.680. The third kappa shape index (κ3) is 4.32. The first-order valence-corrected chi connectivity index (χ1v) is 5.86. The molecular weight excluding hydrogens is 240 g/mol. The van der Waals surface area contributed by atoms with Crippen LogP contribution in [-0.4, -0.2) is 17.0 Å². The van der Waals surface area contributed by atoms with E-state index in [9.17, 15) is 10.1 Å². The number of nitro groups is 1. The van der Waals surface area contributed by atoms with Gasteiger partial charge in [-0.1, -0.05) is 17.7 Å². The zero-order valence-electron chi connectivity index (χ0n) is 10.3. The molecule has 0 bridgehead atoms. The fraction of sp³-hybridized carbons (Fsp3) is 0.500. The molecule has 0 amide bonds. The molecule has 0 spiro atoms. The average Bonchev–Trinajstić information content (AvgIpc) is 2.18. The highest BCUT2D eigenvalue weighted by atomic mass is 35.5. The minimum atomic E-state index is -0.391. The van der Waals surface area contributed by atoms with Crippen molar-refractivity contribution in [3.63, 3.8) is 0 Å². The topological polar surface area (TPSA) is 55.2 Å². The van der Waals surface area contributed by atoms with Gasteiger partial charge in [-0.15, -0.1) is 0 Å². The van der Waals surface area contributed by atoms with Gasteiger partial charge in [0, 0.05) is 17.2 Å². The molecule has 1 rings (SSSR count). The van der Waals surface area contributed by atoms with Crippen molar-refractivity contribution in [2.24, 2.45) is 0 Å². The molecule has 0 aliphatic carbocycles. The molecule has 0 saturated carbocycles. The van der Waals surface area contributed by atoms with Crippen molar-refractivity contribution in [3.05, 3.63) is 38.9 Å². The van der Waals surface area contributed by atoms with Crippen LogP contribution in [0.3, 0.4) is 0 Å². The minimum Gasteiger partial charge on any atom is -0.312 e. The summed E-state index contributed by atoms with van der Waals surface area (Å²) in [7, 11) is 0. The van der Waals surface area contributed by atoms with Gasteiger partial charge in [0.05, 0.1) is 9.95 Å². The van der Waals surface area contributed by atoms with Gasteiger partial charge in [0.2, 0.25) is 0 Å². The molecule has 5 heteroatoms. The lowest BCUT2D eigenvalue weighted by Gasteiger charge is -2.20. The molecule has 4 nitrogen and oxygen atoms in total. The van der Waals surface area contributed by atoms with Crippen LogP contribution >= 0.6 is 11.6 Å². The first-order chi connectivity index (χ1) is 7.81. The number of hydrogen-bond donors (Lipinski definition) is 1. The molecule has 0 saturated heterocycles. The van der Waals surface area contributed by atoms with Crippen LogP contribution in [0, 0.1) is 10.1 Å². The van der Waals surface area contributed by atoms with Crippen LogP contribution in [0.2, 0.25) is 5.02 Å². The number of halogens is 1. The Morgan fingerprint density at radius 2 is 2.06 bits per heavy atom. The molecule has 17 heavy (non-hydrogen) atoms. The summed E-state index contributed by atoms with van der Waals surface area (Å²) in [6.45, 7) is 6.81. The average molecular weight is 257 g/mol. The van der Waals surface area contributed by atoms with Crippen LogP contribution in [0.5, 0.6) is 0 Å². The first kappa shape index (κ1) is 13.9. The van der Waals surface area contributed by atoms with Gasteiger partial charge in [-0.2, -0.15) is 0 Å². The Balaban J connectivity index is 2.79. The van der Waals surface area contributed by atoms with Crippen molar-refractivity contribution in [1.82, 2.24) is 5.32 Å². The monoisotopic (exact) mass is 256 g/mol. The van der Waals surface area contributed by atoms with Crippen molar-refractivity contribution < 1.29 is 4.92 Å². The van der Waals surface area contributed by atoms with Crippen LogP contribution in [0.1, 0.15) is 26.3 Å². The standard InChI is InChI=1S/C12H17ClN2O2/c1-12(2,3)14-8-7-9-10(13)5-4-6-11(9)15(16)17/h4-6,14H,7-8H2,1-3H3. The third-order valence-electron chi connectivity index (χ3n) is 2.32. The fourth-order valence-electron chi connectivity index (χ4n) is 1.53. The zero-order chi connectivity index (χ0) is 13.1. The van der Waals surface area contributed by atoms with Gasteiger partial charge < -0.3 is 5.32 Å². The second-order valence-electron chi connectivity index (χ2n) is 4.92. The van der Waals surface area contributed by atoms with E-state index >= 15 is 0 Å². The Bertz CT molecular complexity index is 413. The van der Waals surface area contributed by atoms with E-state index in [1.54, 1.807) is 12.1 Å². The van der Waals surface area contributed by atoms with Crippen LogP contribution in [0.4, 0.5) is 5.69 Å². The number of hydrogen-bond acceptors (Lipinski definition) is 3. The summed E-state index contributed by atoms with van der Waals surface area (Å²) < 4.78 is 0. The molecule has 0 aromatic heterocycles. The molecule has 1 aromatic carbocycles. The Hall–Kier alpha value is -1.13. The summed E-state index contributed by atoms with van der Waals surface area (Å²) in [6, 6.07) is 4.76. The maximum absolute atomic E-state index is 10.9. The predicted molar refractivity (Wildman–Crippen MR) is 69.6 cm³/mol. The van der Waals surface area contributed by atoms with Gasteiger partial charge in [-0.05, 0) is 39.8 Å². The van der Waals surface area contributed by atoms with Crippen LogP contribution in [-0.2, 0) is 6.42 Å². The van der Waals surface area contributed by atoms with E-state index in [2.05, 4.69) is 5.32 Å². The normalized spacial score (nSPS) is 11.5. The first-order valence-electron chi connectivity index (χ1n) is 5.48. The number of rotatable bonds is 4. The van der Waals surface area contributed by atoms with Crippen LogP contribution in [0.25, 0.3) is 0 Å². The zero-order valence-corrected chi connectivity index (χ0v) is 11.0. The van der Waals surface area contributed by atoms with Gasteiger partial charge in [0.1, 0.15) is 0 Å². The molecule has 94 valence electrons. The number of benzene rings is 1. The van der Waals surface area contributed by atoms with Crippen LogP contribution in [0.15, 0.2) is 18.2 Å². The fourth-order valence-corrected chi connectivity index (χ4v) is 1.79. The second-order valence-corrected chi connectivity index (χ2v) is 5.33. The van der Waals surface area contributed by atoms with Gasteiger partial charge in [0.15, 0.2) is 0 Å². The van der Waals surface area contributed by atoms with Gasteiger partial charge in [-0.3, -0.25) is 10.1 Å². The van der Waals surface area contributed by atoms with Gasteiger partial charge in [-0.25, -0.2) is 0 Å². The maximum Gasteiger partial charge on any atom is 0.274 e. The lowest BCUT2D eigenvalue weighted by molar-refractivity contribution is -0.385. The molecule has 0 radical (unpaired) electrons. The molecule has 0 aliphatic rings. The summed E-state index contributed by atoms with van der Waals surface area (Å²) in [4.78, 5) is 10.5. The molecule has 0 heterocycles. The van der Waals surface area contributed by atoms with Crippen molar-refractivity contribution in [2.45, 2.75) is 32.7 Å². The molecule has 0 unspecified atom stereocenters. The molecule has 0 aliphatic heterocycles. The van der Waals surface area contributed by atoms with E-state index < -0.39 is 4.92 Å². The van der Waals surface area contributed by atoms with Crippen molar-refractivity contribution in [3.8, 4) is 0 Å². The molecule has 1 aromatic rings. The predicted octanol–water partition coefficient (Wildman–Crippen LogP) is 3.18. The lowest BCUT2D eigenvalue weighted by Crippen LogP contribution is -2.37. The third-order valence-corrected chi connectivity index (χ3v) is 2.68. The van der Waals surface area contributed by atoms with E-state index in [0.29, 0.717) is 23.6 Å². The summed E-state index contributed by atoms with van der Waals surface area (Å²) in [6.07, 6.45) is 0.549. The second kappa shape index (κ2) is 5.47. The smallest absolute Gasteiger partial charge is 0.274 e. The van der Waals surface area contributed by atoms with E-state index in [1.807, 2.05) is 20.8 Å². The van der Waals surface area contributed by atoms with E-state index in [1.165, 1.54) is 6.07 Å². The van der Waals surface area contributed by atoms with E-state index in [-0.39, 0.29) is 11.2 Å². The van der Waals surface area contributed by atoms with Crippen molar-refractivity contribution >= 4 is 17.3 Å². The molecule has 0 atom stereocenters. The highest BCUT2D eigenvalue weighted by molar-refractivity contribution is 6.31. The largest absolute Gasteiger partial charge is 0.312 e. The number of nitrogens with one attached hydrogen (secondary N) is 1. The van der Waals surface area contributed by atoms with Crippen molar-refractivity contribution in [2.75, 3.05) is 6.54 Å². The summed E-state index contributed by atoms with van der Waals surface area (Å²) >= 11 is 5.99. The quantitative estimate of drug-likeness (QED) is 0.665. The Morgan fingerprint density at radius 1 is 1.41 bits per heavy atom.